The molecule has 0 bridgehead atoms. The zero-order valence-electron chi connectivity index (χ0n) is 16.6. The Morgan fingerprint density at radius 1 is 1.23 bits per heavy atom. The fourth-order valence-corrected chi connectivity index (χ4v) is 3.49. The third-order valence-electron chi connectivity index (χ3n) is 4.90. The highest BCUT2D eigenvalue weighted by molar-refractivity contribution is 6.30. The highest BCUT2D eigenvalue weighted by Gasteiger charge is 2.17. The van der Waals surface area contributed by atoms with Gasteiger partial charge in [0.15, 0.2) is 0 Å². The lowest BCUT2D eigenvalue weighted by Crippen LogP contribution is -2.36. The van der Waals surface area contributed by atoms with Crippen LogP contribution in [0.25, 0.3) is 0 Å². The normalized spacial score (nSPS) is 12.8. The van der Waals surface area contributed by atoms with E-state index in [1.165, 1.54) is 18.2 Å². The second kappa shape index (κ2) is 8.66. The second-order valence-corrected chi connectivity index (χ2v) is 7.48. The molecule has 0 radical (unpaired) electrons. The molecule has 4 rings (SSSR count). The van der Waals surface area contributed by atoms with Gasteiger partial charge in [-0.1, -0.05) is 17.7 Å². The third kappa shape index (κ3) is 4.47. The topological polar surface area (TPSA) is 80.4 Å². The zero-order valence-corrected chi connectivity index (χ0v) is 17.4. The van der Waals surface area contributed by atoms with Gasteiger partial charge in [-0.3, -0.25) is 4.57 Å². The summed E-state index contributed by atoms with van der Waals surface area (Å²) in [4.78, 5) is 18.2. The first kappa shape index (κ1) is 20.7. The third-order valence-corrected chi connectivity index (χ3v) is 5.19. The van der Waals surface area contributed by atoms with Crippen molar-refractivity contribution < 1.29 is 13.9 Å². The van der Waals surface area contributed by atoms with Crippen LogP contribution < -0.4 is 20.1 Å². The number of halogens is 2. The minimum atomic E-state index is -0.552. The summed E-state index contributed by atoms with van der Waals surface area (Å²) >= 11 is 5.77. The quantitative estimate of drug-likeness (QED) is 0.593. The van der Waals surface area contributed by atoms with Crippen LogP contribution in [0.5, 0.6) is 17.4 Å². The van der Waals surface area contributed by atoms with Crippen LogP contribution in [0.15, 0.2) is 47.3 Å². The molecule has 9 heteroatoms. The fourth-order valence-electron chi connectivity index (χ4n) is 3.32. The van der Waals surface area contributed by atoms with Gasteiger partial charge in [-0.15, -0.1) is 0 Å². The van der Waals surface area contributed by atoms with Crippen molar-refractivity contribution in [2.45, 2.75) is 19.6 Å². The molecule has 0 saturated carbocycles. The summed E-state index contributed by atoms with van der Waals surface area (Å²) in [5.74, 6) is 1.06. The molecule has 2 heterocycles. The molecule has 1 aromatic heterocycles. The monoisotopic (exact) mass is 440 g/mol. The number of fused-ring (bicyclic) bond motifs is 1. The molecule has 0 N–H and O–H groups in total. The van der Waals surface area contributed by atoms with Crippen molar-refractivity contribution in [2.75, 3.05) is 18.5 Å². The molecule has 2 aromatic carbocycles. The van der Waals surface area contributed by atoms with Crippen molar-refractivity contribution in [1.82, 2.24) is 9.55 Å². The Labute approximate surface area is 182 Å². The molecule has 0 amide bonds. The van der Waals surface area contributed by atoms with Crippen LogP contribution in [0.2, 0.25) is 5.02 Å². The number of nitrogens with zero attached hydrogens (tertiary/aromatic N) is 4. The number of rotatable bonds is 5. The Bertz CT molecular complexity index is 1240. The predicted molar refractivity (Wildman–Crippen MR) is 113 cm³/mol. The molecule has 1 aliphatic rings. The van der Waals surface area contributed by atoms with Crippen molar-refractivity contribution in [3.63, 3.8) is 0 Å². The van der Waals surface area contributed by atoms with Crippen molar-refractivity contribution in [1.29, 1.82) is 5.26 Å². The summed E-state index contributed by atoms with van der Waals surface area (Å²) in [6.07, 6.45) is 0.890. The van der Waals surface area contributed by atoms with E-state index in [0.717, 1.165) is 18.8 Å². The van der Waals surface area contributed by atoms with Crippen LogP contribution in [-0.4, -0.2) is 23.1 Å². The van der Waals surface area contributed by atoms with Crippen molar-refractivity contribution in [3.8, 4) is 23.4 Å². The zero-order chi connectivity index (χ0) is 22.0. The standard InChI is InChI=1S/C22H18ClFN4O3/c1-27-7-2-8-28-21(27)11-20(26-22(28)29)30-13-14-3-6-19(15(9-14)12-25)31-16-4-5-18(24)17(23)10-16/h3-6,9-11H,2,7-8,13H2,1H3. The summed E-state index contributed by atoms with van der Waals surface area (Å²) in [7, 11) is 1.92. The van der Waals surface area contributed by atoms with Gasteiger partial charge in [-0.25, -0.2) is 9.18 Å². The molecular weight excluding hydrogens is 423 g/mol. The first-order chi connectivity index (χ1) is 14.9. The molecule has 7 nitrogen and oxygen atoms in total. The molecule has 0 unspecified atom stereocenters. The average molecular weight is 441 g/mol. The highest BCUT2D eigenvalue weighted by Crippen LogP contribution is 2.29. The fraction of sp³-hybridized carbons (Fsp3) is 0.227. The van der Waals surface area contributed by atoms with Gasteiger partial charge < -0.3 is 14.4 Å². The van der Waals surface area contributed by atoms with E-state index in [1.807, 2.05) is 11.9 Å². The first-order valence-corrected chi connectivity index (χ1v) is 9.94. The minimum absolute atomic E-state index is 0.0693. The van der Waals surface area contributed by atoms with Gasteiger partial charge >= 0.3 is 5.69 Å². The highest BCUT2D eigenvalue weighted by atomic mass is 35.5. The maximum absolute atomic E-state index is 13.3. The lowest BCUT2D eigenvalue weighted by Gasteiger charge is -2.28. The lowest BCUT2D eigenvalue weighted by molar-refractivity contribution is 0.290. The van der Waals surface area contributed by atoms with E-state index in [9.17, 15) is 14.4 Å². The van der Waals surface area contributed by atoms with Crippen LogP contribution in [0.4, 0.5) is 10.2 Å². The van der Waals surface area contributed by atoms with Crippen LogP contribution >= 0.6 is 11.6 Å². The van der Waals surface area contributed by atoms with Gasteiger partial charge in [-0.05, 0) is 36.2 Å². The Morgan fingerprint density at radius 2 is 2.06 bits per heavy atom. The van der Waals surface area contributed by atoms with Gasteiger partial charge in [0.1, 0.15) is 35.8 Å². The van der Waals surface area contributed by atoms with E-state index < -0.39 is 5.82 Å². The predicted octanol–water partition coefficient (Wildman–Crippen LogP) is 4.12. The number of benzene rings is 2. The number of aromatic nitrogens is 2. The smallest absolute Gasteiger partial charge is 0.352 e. The van der Waals surface area contributed by atoms with E-state index in [-0.39, 0.29) is 28.8 Å². The summed E-state index contributed by atoms with van der Waals surface area (Å²) in [6, 6.07) is 12.7. The largest absolute Gasteiger partial charge is 0.473 e. The van der Waals surface area contributed by atoms with E-state index in [1.54, 1.807) is 28.8 Å². The number of ether oxygens (including phenoxy) is 2. The molecule has 0 saturated heterocycles. The summed E-state index contributed by atoms with van der Waals surface area (Å²) < 4.78 is 26.3. The van der Waals surface area contributed by atoms with Crippen LogP contribution in [0.3, 0.4) is 0 Å². The van der Waals surface area contributed by atoms with E-state index in [0.29, 0.717) is 23.6 Å². The molecule has 31 heavy (non-hydrogen) atoms. The van der Waals surface area contributed by atoms with Crippen molar-refractivity contribution >= 4 is 17.4 Å². The van der Waals surface area contributed by atoms with Crippen molar-refractivity contribution in [3.05, 3.63) is 74.9 Å². The van der Waals surface area contributed by atoms with E-state index in [2.05, 4.69) is 11.1 Å². The average Bonchev–Trinajstić information content (AvgIpc) is 2.76. The molecular formula is C22H18ClFN4O3. The van der Waals surface area contributed by atoms with Crippen LogP contribution in [0, 0.1) is 17.1 Å². The molecule has 0 aliphatic carbocycles. The van der Waals surface area contributed by atoms with E-state index in [4.69, 9.17) is 21.1 Å². The SMILES string of the molecule is CN1CCCn2c1cc(OCc1ccc(Oc3ccc(F)c(Cl)c3)c(C#N)c1)nc2=O. The van der Waals surface area contributed by atoms with Crippen LogP contribution in [-0.2, 0) is 13.2 Å². The Morgan fingerprint density at radius 3 is 2.84 bits per heavy atom. The number of nitriles is 1. The number of anilines is 1. The van der Waals surface area contributed by atoms with E-state index >= 15 is 0 Å². The van der Waals surface area contributed by atoms with Gasteiger partial charge in [-0.2, -0.15) is 10.2 Å². The second-order valence-electron chi connectivity index (χ2n) is 7.07. The number of hydrogen-bond acceptors (Lipinski definition) is 6. The van der Waals surface area contributed by atoms with Gasteiger partial charge in [0.05, 0.1) is 10.6 Å². The molecule has 1 aliphatic heterocycles. The molecule has 0 spiro atoms. The van der Waals surface area contributed by atoms with Crippen LogP contribution in [0.1, 0.15) is 17.5 Å². The molecule has 158 valence electrons. The van der Waals surface area contributed by atoms with Gasteiger partial charge in [0.25, 0.3) is 0 Å². The molecule has 0 atom stereocenters. The molecule has 0 fully saturated rings. The maximum atomic E-state index is 13.3. The Hall–Kier alpha value is -3.57. The summed E-state index contributed by atoms with van der Waals surface area (Å²) in [5, 5.41) is 9.41. The maximum Gasteiger partial charge on any atom is 0.352 e. The van der Waals surface area contributed by atoms with Gasteiger partial charge in [0, 0.05) is 32.3 Å². The first-order valence-electron chi connectivity index (χ1n) is 9.56. The Balaban J connectivity index is 1.50. The van der Waals surface area contributed by atoms with Gasteiger partial charge in [0.2, 0.25) is 5.88 Å². The molecule has 3 aromatic rings. The summed E-state index contributed by atoms with van der Waals surface area (Å²) in [6.45, 7) is 1.62. The minimum Gasteiger partial charge on any atom is -0.473 e. The lowest BCUT2D eigenvalue weighted by atomic mass is 10.1. The Kier molecular flexibility index (Phi) is 5.78. The van der Waals surface area contributed by atoms with Crippen molar-refractivity contribution in [2.24, 2.45) is 0 Å². The number of hydrogen-bond donors (Lipinski definition) is 0. The summed E-state index contributed by atoms with van der Waals surface area (Å²) in [5.41, 5.74) is 0.632.